The standard InChI is InChI=1S/C13H18BrN3OS/c1-3-8-17-13(18)12(14)11(10-16-17)15-7-5-4-6-9-19-2/h1,10,15H,4-9H2,2H3. The number of nitrogens with zero attached hydrogens (tertiary/aromatic N) is 2. The Morgan fingerprint density at radius 2 is 2.32 bits per heavy atom. The van der Waals surface area contributed by atoms with Gasteiger partial charge in [-0.25, -0.2) is 4.68 Å². The molecule has 1 heterocycles. The van der Waals surface area contributed by atoms with Crippen LogP contribution in [0.15, 0.2) is 15.5 Å². The highest BCUT2D eigenvalue weighted by atomic mass is 79.9. The highest BCUT2D eigenvalue weighted by molar-refractivity contribution is 9.10. The van der Waals surface area contributed by atoms with E-state index < -0.39 is 0 Å². The molecule has 0 aliphatic rings. The summed E-state index contributed by atoms with van der Waals surface area (Å²) in [5.74, 6) is 3.60. The Kier molecular flexibility index (Phi) is 7.68. The molecular formula is C13H18BrN3OS. The average molecular weight is 344 g/mol. The van der Waals surface area contributed by atoms with Crippen molar-refractivity contribution in [3.05, 3.63) is 21.0 Å². The summed E-state index contributed by atoms with van der Waals surface area (Å²) in [5, 5.41) is 7.24. The fourth-order valence-corrected chi connectivity index (χ4v) is 2.50. The van der Waals surface area contributed by atoms with E-state index in [-0.39, 0.29) is 12.1 Å². The van der Waals surface area contributed by atoms with Crippen molar-refractivity contribution in [2.75, 3.05) is 23.9 Å². The van der Waals surface area contributed by atoms with Crippen LogP contribution in [-0.2, 0) is 6.54 Å². The third-order valence-electron chi connectivity index (χ3n) is 2.57. The molecule has 0 bridgehead atoms. The lowest BCUT2D eigenvalue weighted by molar-refractivity contribution is 0.658. The summed E-state index contributed by atoms with van der Waals surface area (Å²) >= 11 is 5.16. The molecule has 0 spiro atoms. The third kappa shape index (κ3) is 5.29. The topological polar surface area (TPSA) is 46.9 Å². The van der Waals surface area contributed by atoms with Gasteiger partial charge in [-0.2, -0.15) is 16.9 Å². The Morgan fingerprint density at radius 1 is 1.53 bits per heavy atom. The highest BCUT2D eigenvalue weighted by Gasteiger charge is 2.07. The Labute approximate surface area is 126 Å². The number of rotatable bonds is 8. The molecule has 6 heteroatoms. The molecule has 1 aromatic rings. The molecule has 0 unspecified atom stereocenters. The van der Waals surface area contributed by atoms with Gasteiger partial charge in [-0.05, 0) is 40.8 Å². The van der Waals surface area contributed by atoms with Gasteiger partial charge < -0.3 is 5.32 Å². The zero-order valence-corrected chi connectivity index (χ0v) is 13.4. The maximum Gasteiger partial charge on any atom is 0.284 e. The number of hydrogen-bond donors (Lipinski definition) is 1. The van der Waals surface area contributed by atoms with Crippen molar-refractivity contribution in [3.63, 3.8) is 0 Å². The zero-order chi connectivity index (χ0) is 14.1. The second kappa shape index (κ2) is 9.05. The van der Waals surface area contributed by atoms with Gasteiger partial charge in [-0.1, -0.05) is 12.3 Å². The van der Waals surface area contributed by atoms with Crippen LogP contribution in [0.2, 0.25) is 0 Å². The molecule has 0 aliphatic carbocycles. The van der Waals surface area contributed by atoms with E-state index in [0.29, 0.717) is 4.47 Å². The lowest BCUT2D eigenvalue weighted by Crippen LogP contribution is -2.24. The smallest absolute Gasteiger partial charge is 0.284 e. The van der Waals surface area contributed by atoms with Crippen LogP contribution in [-0.4, -0.2) is 28.3 Å². The number of halogens is 1. The molecule has 0 aliphatic heterocycles. The van der Waals surface area contributed by atoms with Crippen LogP contribution in [0.3, 0.4) is 0 Å². The minimum Gasteiger partial charge on any atom is -0.383 e. The molecule has 19 heavy (non-hydrogen) atoms. The van der Waals surface area contributed by atoms with E-state index in [1.54, 1.807) is 6.20 Å². The minimum absolute atomic E-state index is 0.187. The lowest BCUT2D eigenvalue weighted by Gasteiger charge is -2.09. The fourth-order valence-electron chi connectivity index (χ4n) is 1.56. The zero-order valence-electron chi connectivity index (χ0n) is 11.0. The molecule has 0 saturated carbocycles. The van der Waals surface area contributed by atoms with Crippen LogP contribution in [0.5, 0.6) is 0 Å². The number of hydrogen-bond acceptors (Lipinski definition) is 4. The molecule has 0 aromatic carbocycles. The second-order valence-corrected chi connectivity index (χ2v) is 5.80. The number of terminal acetylenes is 1. The molecule has 1 N–H and O–H groups in total. The van der Waals surface area contributed by atoms with Crippen molar-refractivity contribution >= 4 is 33.4 Å². The van der Waals surface area contributed by atoms with Gasteiger partial charge in [-0.3, -0.25) is 4.79 Å². The summed E-state index contributed by atoms with van der Waals surface area (Å²) < 4.78 is 1.75. The Morgan fingerprint density at radius 3 is 3.00 bits per heavy atom. The average Bonchev–Trinajstić information content (AvgIpc) is 2.41. The van der Waals surface area contributed by atoms with Gasteiger partial charge in [0.25, 0.3) is 5.56 Å². The summed E-state index contributed by atoms with van der Waals surface area (Å²) in [5.41, 5.74) is 0.522. The molecule has 104 valence electrons. The maximum absolute atomic E-state index is 11.9. The Hall–Kier alpha value is -0.930. The largest absolute Gasteiger partial charge is 0.383 e. The van der Waals surface area contributed by atoms with Crippen molar-refractivity contribution in [1.82, 2.24) is 9.78 Å². The van der Waals surface area contributed by atoms with Gasteiger partial charge in [0.1, 0.15) is 11.0 Å². The number of thioether (sulfide) groups is 1. The van der Waals surface area contributed by atoms with Gasteiger partial charge in [0, 0.05) is 6.54 Å². The lowest BCUT2D eigenvalue weighted by atomic mass is 10.2. The predicted octanol–water partition coefficient (Wildman–Crippen LogP) is 2.58. The van der Waals surface area contributed by atoms with Gasteiger partial charge in [-0.15, -0.1) is 6.42 Å². The number of nitrogens with one attached hydrogen (secondary N) is 1. The van der Waals surface area contributed by atoms with Crippen LogP contribution < -0.4 is 10.9 Å². The third-order valence-corrected chi connectivity index (χ3v) is 4.03. The van der Waals surface area contributed by atoms with E-state index in [4.69, 9.17) is 6.42 Å². The monoisotopic (exact) mass is 343 g/mol. The predicted molar refractivity (Wildman–Crippen MR) is 85.8 cm³/mol. The van der Waals surface area contributed by atoms with Gasteiger partial charge in [0.15, 0.2) is 0 Å². The first-order chi connectivity index (χ1) is 9.20. The Balaban J connectivity index is 2.49. The van der Waals surface area contributed by atoms with Crippen LogP contribution in [0, 0.1) is 12.3 Å². The quantitative estimate of drug-likeness (QED) is 0.582. The molecule has 1 rings (SSSR count). The first kappa shape index (κ1) is 16.1. The van der Waals surface area contributed by atoms with E-state index in [0.717, 1.165) is 18.7 Å². The molecule has 0 amide bonds. The summed E-state index contributed by atoms with van der Waals surface area (Å²) in [4.78, 5) is 11.9. The van der Waals surface area contributed by atoms with Crippen molar-refractivity contribution in [1.29, 1.82) is 0 Å². The van der Waals surface area contributed by atoms with Crippen LogP contribution in [0.4, 0.5) is 5.69 Å². The molecule has 0 radical (unpaired) electrons. The highest BCUT2D eigenvalue weighted by Crippen LogP contribution is 2.16. The van der Waals surface area contributed by atoms with E-state index in [1.807, 2.05) is 11.8 Å². The Bertz CT molecular complexity index is 496. The van der Waals surface area contributed by atoms with Gasteiger partial charge in [0.05, 0.1) is 11.9 Å². The molecule has 4 nitrogen and oxygen atoms in total. The molecule has 0 fully saturated rings. The number of anilines is 1. The SMILES string of the molecule is C#CCn1ncc(NCCCCCSC)c(Br)c1=O. The van der Waals surface area contributed by atoms with E-state index in [9.17, 15) is 4.79 Å². The van der Waals surface area contributed by atoms with Crippen molar-refractivity contribution in [2.24, 2.45) is 0 Å². The first-order valence-corrected chi connectivity index (χ1v) is 8.31. The molecule has 0 saturated heterocycles. The van der Waals surface area contributed by atoms with Gasteiger partial charge in [0.2, 0.25) is 0 Å². The van der Waals surface area contributed by atoms with Crippen molar-refractivity contribution < 1.29 is 0 Å². The summed E-state index contributed by atoms with van der Waals surface area (Å²) in [6, 6.07) is 0. The second-order valence-electron chi connectivity index (χ2n) is 4.02. The fraction of sp³-hybridized carbons (Fsp3) is 0.538. The summed E-state index contributed by atoms with van der Waals surface area (Å²) in [6.07, 6.45) is 12.4. The minimum atomic E-state index is -0.203. The number of aromatic nitrogens is 2. The number of unbranched alkanes of at least 4 members (excludes halogenated alkanes) is 2. The molecule has 1 aromatic heterocycles. The maximum atomic E-state index is 11.9. The molecular weight excluding hydrogens is 326 g/mol. The first-order valence-electron chi connectivity index (χ1n) is 6.12. The molecule has 0 atom stereocenters. The summed E-state index contributed by atoms with van der Waals surface area (Å²) in [6.45, 7) is 1.03. The van der Waals surface area contributed by atoms with Crippen LogP contribution in [0.25, 0.3) is 0 Å². The van der Waals surface area contributed by atoms with Crippen molar-refractivity contribution in [2.45, 2.75) is 25.8 Å². The normalized spacial score (nSPS) is 10.2. The van der Waals surface area contributed by atoms with Crippen LogP contribution >= 0.6 is 27.7 Å². The van der Waals surface area contributed by atoms with E-state index in [1.165, 1.54) is 23.3 Å². The van der Waals surface area contributed by atoms with Gasteiger partial charge >= 0.3 is 0 Å². The summed E-state index contributed by atoms with van der Waals surface area (Å²) in [7, 11) is 0. The van der Waals surface area contributed by atoms with E-state index >= 15 is 0 Å². The van der Waals surface area contributed by atoms with Crippen LogP contribution in [0.1, 0.15) is 19.3 Å². The van der Waals surface area contributed by atoms with E-state index in [2.05, 4.69) is 38.5 Å². The van der Waals surface area contributed by atoms with Crippen molar-refractivity contribution in [3.8, 4) is 12.3 Å².